The molecule has 0 heterocycles. The quantitative estimate of drug-likeness (QED) is 0.835. The highest BCUT2D eigenvalue weighted by atomic mass is 35.5. The van der Waals surface area contributed by atoms with Crippen LogP contribution in [0.5, 0.6) is 5.75 Å². The Morgan fingerprint density at radius 2 is 1.95 bits per heavy atom. The van der Waals surface area contributed by atoms with Crippen LogP contribution in [0, 0.1) is 0 Å². The summed E-state index contributed by atoms with van der Waals surface area (Å²) in [5.41, 5.74) is 7.74. The molecule has 0 aliphatic rings. The number of methoxy groups -OCH3 is 1. The van der Waals surface area contributed by atoms with Crippen LogP contribution in [-0.4, -0.2) is 19.6 Å². The minimum absolute atomic E-state index is 0.183. The van der Waals surface area contributed by atoms with E-state index in [1.165, 1.54) is 0 Å². The minimum atomic E-state index is -0.183. The second kappa shape index (κ2) is 6.99. The summed E-state index contributed by atoms with van der Waals surface area (Å²) < 4.78 is 5.10. The third kappa shape index (κ3) is 4.39. The molecule has 0 spiro atoms. The van der Waals surface area contributed by atoms with E-state index in [1.807, 2.05) is 24.3 Å². The van der Waals surface area contributed by atoms with E-state index in [4.69, 9.17) is 22.1 Å². The molecule has 0 aromatic heterocycles. The molecule has 0 fully saturated rings. The number of benzene rings is 2. The van der Waals surface area contributed by atoms with E-state index in [2.05, 4.69) is 5.32 Å². The number of amides is 1. The van der Waals surface area contributed by atoms with E-state index < -0.39 is 0 Å². The molecule has 0 saturated heterocycles. The maximum atomic E-state index is 12.0. The van der Waals surface area contributed by atoms with Gasteiger partial charge in [-0.05, 0) is 42.3 Å². The van der Waals surface area contributed by atoms with Crippen LogP contribution < -0.4 is 15.8 Å². The maximum Gasteiger partial charge on any atom is 0.251 e. The Balaban J connectivity index is 1.88. The van der Waals surface area contributed by atoms with Gasteiger partial charge >= 0.3 is 0 Å². The van der Waals surface area contributed by atoms with Gasteiger partial charge in [0.15, 0.2) is 0 Å². The first-order valence-corrected chi connectivity index (χ1v) is 6.93. The molecule has 0 aliphatic heterocycles. The van der Waals surface area contributed by atoms with Crippen LogP contribution in [0.1, 0.15) is 15.9 Å². The summed E-state index contributed by atoms with van der Waals surface area (Å²) in [6.07, 6.45) is 0.742. The lowest BCUT2D eigenvalue weighted by molar-refractivity contribution is 0.0954. The van der Waals surface area contributed by atoms with E-state index in [-0.39, 0.29) is 5.91 Å². The molecule has 1 amide bonds. The minimum Gasteiger partial charge on any atom is -0.497 e. The Kier molecular flexibility index (Phi) is 5.06. The second-order valence-corrected chi connectivity index (χ2v) is 5.06. The van der Waals surface area contributed by atoms with E-state index in [1.54, 1.807) is 25.3 Å². The summed E-state index contributed by atoms with van der Waals surface area (Å²) in [5, 5.41) is 3.30. The summed E-state index contributed by atoms with van der Waals surface area (Å²) in [6.45, 7) is 0.539. The van der Waals surface area contributed by atoms with Gasteiger partial charge < -0.3 is 15.8 Å². The van der Waals surface area contributed by atoms with Crippen LogP contribution in [0.4, 0.5) is 5.69 Å². The lowest BCUT2D eigenvalue weighted by Gasteiger charge is -2.07. The molecule has 3 N–H and O–H groups in total. The van der Waals surface area contributed by atoms with E-state index in [0.717, 1.165) is 17.7 Å². The van der Waals surface area contributed by atoms with Gasteiger partial charge in [0.2, 0.25) is 0 Å². The molecule has 2 aromatic rings. The van der Waals surface area contributed by atoms with Crippen molar-refractivity contribution in [3.63, 3.8) is 0 Å². The van der Waals surface area contributed by atoms with Gasteiger partial charge in [-0.2, -0.15) is 0 Å². The second-order valence-electron chi connectivity index (χ2n) is 4.63. The van der Waals surface area contributed by atoms with Crippen LogP contribution in [-0.2, 0) is 6.42 Å². The molecule has 2 rings (SSSR count). The number of carbonyl (C=O) groups excluding carboxylic acids is 1. The van der Waals surface area contributed by atoms with Gasteiger partial charge in [0.05, 0.1) is 7.11 Å². The number of rotatable bonds is 5. The summed E-state index contributed by atoms with van der Waals surface area (Å²) in [5.74, 6) is 0.634. The molecule has 0 radical (unpaired) electrons. The van der Waals surface area contributed by atoms with Gasteiger partial charge in [0.25, 0.3) is 5.91 Å². The normalized spacial score (nSPS) is 10.2. The lowest BCUT2D eigenvalue weighted by Crippen LogP contribution is -2.25. The molecular formula is C16H17ClN2O2. The lowest BCUT2D eigenvalue weighted by atomic mass is 10.1. The van der Waals surface area contributed by atoms with Crippen molar-refractivity contribution in [2.75, 3.05) is 19.4 Å². The van der Waals surface area contributed by atoms with Crippen LogP contribution in [0.3, 0.4) is 0 Å². The summed E-state index contributed by atoms with van der Waals surface area (Å²) in [6, 6.07) is 12.6. The van der Waals surface area contributed by atoms with Gasteiger partial charge in [0, 0.05) is 22.8 Å². The van der Waals surface area contributed by atoms with E-state index in [0.29, 0.717) is 22.8 Å². The Morgan fingerprint density at radius 1 is 1.24 bits per heavy atom. The van der Waals surface area contributed by atoms with Gasteiger partial charge in [-0.1, -0.05) is 23.7 Å². The molecule has 0 bridgehead atoms. The fourth-order valence-electron chi connectivity index (χ4n) is 1.96. The largest absolute Gasteiger partial charge is 0.497 e. The number of nitrogen functional groups attached to an aromatic ring is 1. The number of hydrogen-bond acceptors (Lipinski definition) is 3. The predicted octanol–water partition coefficient (Wildman–Crippen LogP) is 2.90. The van der Waals surface area contributed by atoms with Crippen molar-refractivity contribution in [2.45, 2.75) is 6.42 Å². The summed E-state index contributed by atoms with van der Waals surface area (Å²) >= 11 is 5.88. The van der Waals surface area contributed by atoms with E-state index >= 15 is 0 Å². The molecular weight excluding hydrogens is 288 g/mol. The first kappa shape index (κ1) is 15.2. The number of nitrogens with one attached hydrogen (secondary N) is 1. The van der Waals surface area contributed by atoms with Gasteiger partial charge in [-0.15, -0.1) is 0 Å². The Hall–Kier alpha value is -2.20. The number of halogens is 1. The maximum absolute atomic E-state index is 12.0. The molecule has 5 heteroatoms. The standard InChI is InChI=1S/C16H17ClN2O2/c1-21-15-4-2-11(3-5-15)6-7-19-16(20)12-8-13(17)10-14(18)9-12/h2-5,8-10H,6-7,18H2,1H3,(H,19,20). The monoisotopic (exact) mass is 304 g/mol. The van der Waals surface area contributed by atoms with Crippen molar-refractivity contribution in [1.29, 1.82) is 0 Å². The average Bonchev–Trinajstić information content (AvgIpc) is 2.47. The zero-order valence-corrected chi connectivity index (χ0v) is 12.5. The fraction of sp³-hybridized carbons (Fsp3) is 0.188. The number of carbonyl (C=O) groups is 1. The number of nitrogens with two attached hydrogens (primary N) is 1. The third-order valence-electron chi connectivity index (χ3n) is 3.04. The Bertz CT molecular complexity index is 606. The van der Waals surface area contributed by atoms with Crippen LogP contribution in [0.15, 0.2) is 42.5 Å². The molecule has 110 valence electrons. The zero-order valence-electron chi connectivity index (χ0n) is 11.7. The predicted molar refractivity (Wildman–Crippen MR) is 84.9 cm³/mol. The first-order chi connectivity index (χ1) is 10.1. The van der Waals surface area contributed by atoms with E-state index in [9.17, 15) is 4.79 Å². The summed E-state index contributed by atoms with van der Waals surface area (Å²) in [4.78, 5) is 12.0. The molecule has 0 atom stereocenters. The van der Waals surface area contributed by atoms with Crippen molar-refractivity contribution in [1.82, 2.24) is 5.32 Å². The van der Waals surface area contributed by atoms with Crippen molar-refractivity contribution in [3.05, 3.63) is 58.6 Å². The van der Waals surface area contributed by atoms with Gasteiger partial charge in [0.1, 0.15) is 5.75 Å². The SMILES string of the molecule is COc1ccc(CCNC(=O)c2cc(N)cc(Cl)c2)cc1. The highest BCUT2D eigenvalue weighted by Crippen LogP contribution is 2.16. The van der Waals surface area contributed by atoms with Gasteiger partial charge in [-0.3, -0.25) is 4.79 Å². The van der Waals surface area contributed by atoms with Crippen molar-refractivity contribution < 1.29 is 9.53 Å². The topological polar surface area (TPSA) is 64.3 Å². The Labute approximate surface area is 128 Å². The van der Waals surface area contributed by atoms with Crippen LogP contribution >= 0.6 is 11.6 Å². The molecule has 2 aromatic carbocycles. The van der Waals surface area contributed by atoms with Crippen molar-refractivity contribution >= 4 is 23.2 Å². The number of ether oxygens (including phenoxy) is 1. The van der Waals surface area contributed by atoms with Gasteiger partial charge in [-0.25, -0.2) is 0 Å². The average molecular weight is 305 g/mol. The molecule has 0 saturated carbocycles. The summed E-state index contributed by atoms with van der Waals surface area (Å²) in [7, 11) is 1.63. The van der Waals surface area contributed by atoms with Crippen LogP contribution in [0.2, 0.25) is 5.02 Å². The third-order valence-corrected chi connectivity index (χ3v) is 3.26. The fourth-order valence-corrected chi connectivity index (χ4v) is 2.20. The van der Waals surface area contributed by atoms with Crippen molar-refractivity contribution in [3.8, 4) is 5.75 Å². The molecule has 0 unspecified atom stereocenters. The zero-order chi connectivity index (χ0) is 15.2. The highest BCUT2D eigenvalue weighted by Gasteiger charge is 2.07. The smallest absolute Gasteiger partial charge is 0.251 e. The molecule has 0 aliphatic carbocycles. The molecule has 4 nitrogen and oxygen atoms in total. The van der Waals surface area contributed by atoms with Crippen LogP contribution in [0.25, 0.3) is 0 Å². The first-order valence-electron chi connectivity index (χ1n) is 6.55. The highest BCUT2D eigenvalue weighted by molar-refractivity contribution is 6.31. The van der Waals surface area contributed by atoms with Crippen molar-refractivity contribution in [2.24, 2.45) is 0 Å². The number of hydrogen-bond donors (Lipinski definition) is 2. The number of anilines is 1. The molecule has 21 heavy (non-hydrogen) atoms. The Morgan fingerprint density at radius 3 is 2.57 bits per heavy atom.